The molecule has 0 spiro atoms. The van der Waals surface area contributed by atoms with Crippen molar-refractivity contribution >= 4 is 23.2 Å². The third-order valence-corrected chi connectivity index (χ3v) is 6.42. The minimum atomic E-state index is -1.99. The molecule has 1 amide bonds. The molecule has 3 aromatic rings. The van der Waals surface area contributed by atoms with Crippen LogP contribution < -0.4 is 0 Å². The first kappa shape index (κ1) is 20.3. The Labute approximate surface area is 179 Å². The van der Waals surface area contributed by atoms with Gasteiger partial charge in [-0.3, -0.25) is 4.79 Å². The van der Waals surface area contributed by atoms with Gasteiger partial charge in [-0.2, -0.15) is 0 Å². The van der Waals surface area contributed by atoms with Crippen molar-refractivity contribution in [2.45, 2.75) is 24.5 Å². The van der Waals surface area contributed by atoms with Crippen LogP contribution in [0.1, 0.15) is 34.9 Å². The normalized spacial score (nSPS) is 16.4. The number of aliphatic hydroxyl groups is 1. The Morgan fingerprint density at radius 3 is 2.20 bits per heavy atom. The summed E-state index contributed by atoms with van der Waals surface area (Å²) in [5, 5.41) is 13.4. The summed E-state index contributed by atoms with van der Waals surface area (Å²) in [5.41, 5.74) is -1.20. The smallest absolute Gasteiger partial charge is 0.348 e. The summed E-state index contributed by atoms with van der Waals surface area (Å²) in [6.45, 7) is 0.239. The van der Waals surface area contributed by atoms with Gasteiger partial charge in [0, 0.05) is 11.4 Å². The number of carbonyl (C=O) groups excluding carboxylic acids is 2. The maximum atomic E-state index is 13.1. The second kappa shape index (κ2) is 8.81. The number of nitrogens with zero attached hydrogens (tertiary/aromatic N) is 1. The van der Waals surface area contributed by atoms with E-state index in [1.165, 1.54) is 0 Å². The maximum absolute atomic E-state index is 13.1. The van der Waals surface area contributed by atoms with Gasteiger partial charge in [-0.05, 0) is 35.4 Å². The van der Waals surface area contributed by atoms with Gasteiger partial charge in [0.25, 0.3) is 5.91 Å². The molecule has 6 heteroatoms. The first-order valence-electron chi connectivity index (χ1n) is 9.94. The molecule has 0 radical (unpaired) electrons. The predicted molar refractivity (Wildman–Crippen MR) is 115 cm³/mol. The fraction of sp³-hybridized carbons (Fsp3) is 0.250. The van der Waals surface area contributed by atoms with Crippen molar-refractivity contribution < 1.29 is 19.4 Å². The van der Waals surface area contributed by atoms with E-state index in [0.717, 1.165) is 17.7 Å². The maximum Gasteiger partial charge on any atom is 0.348 e. The van der Waals surface area contributed by atoms with Crippen molar-refractivity contribution in [2.24, 2.45) is 0 Å². The lowest BCUT2D eigenvalue weighted by Gasteiger charge is -2.28. The third kappa shape index (κ3) is 3.88. The molecular weight excluding hydrogens is 398 g/mol. The molecule has 1 N–H and O–H groups in total. The molecule has 0 saturated carbocycles. The van der Waals surface area contributed by atoms with Crippen molar-refractivity contribution in [1.29, 1.82) is 0 Å². The van der Waals surface area contributed by atoms with Crippen LogP contribution in [0.4, 0.5) is 0 Å². The zero-order valence-corrected chi connectivity index (χ0v) is 17.3. The van der Waals surface area contributed by atoms with Crippen LogP contribution in [0.15, 0.2) is 78.2 Å². The van der Waals surface area contributed by atoms with Crippen LogP contribution in [0.25, 0.3) is 0 Å². The number of hydrogen-bond donors (Lipinski definition) is 1. The fourth-order valence-electron chi connectivity index (χ4n) is 3.92. The lowest BCUT2D eigenvalue weighted by molar-refractivity contribution is -0.166. The highest BCUT2D eigenvalue weighted by molar-refractivity contribution is 7.10. The molecule has 5 nitrogen and oxygen atoms in total. The Balaban J connectivity index is 1.52. The van der Waals surface area contributed by atoms with Crippen molar-refractivity contribution in [1.82, 2.24) is 4.90 Å². The summed E-state index contributed by atoms with van der Waals surface area (Å²) in [6.07, 6.45) is 1.82. The largest absolute Gasteiger partial charge is 0.453 e. The Morgan fingerprint density at radius 2 is 1.63 bits per heavy atom. The lowest BCUT2D eigenvalue weighted by atomic mass is 9.86. The highest BCUT2D eigenvalue weighted by Gasteiger charge is 2.42. The molecule has 2 heterocycles. The summed E-state index contributed by atoms with van der Waals surface area (Å²) in [5.74, 6) is -1.11. The molecule has 1 aliphatic heterocycles. The van der Waals surface area contributed by atoms with Gasteiger partial charge in [0.2, 0.25) is 5.60 Å². The van der Waals surface area contributed by atoms with Crippen LogP contribution in [0.5, 0.6) is 0 Å². The molecule has 0 aliphatic carbocycles. The van der Waals surface area contributed by atoms with Gasteiger partial charge in [0.15, 0.2) is 6.61 Å². The van der Waals surface area contributed by atoms with Crippen LogP contribution in [-0.2, 0) is 19.9 Å². The number of benzene rings is 2. The first-order valence-corrected chi connectivity index (χ1v) is 10.8. The number of ether oxygens (including phenoxy) is 1. The van der Waals surface area contributed by atoms with E-state index < -0.39 is 18.2 Å². The SMILES string of the molecule is O=C(COC(=O)C(O)(c1ccccc1)c1ccccc1)N1CCCC1c1cccs1. The standard InChI is InChI=1S/C24H23NO4S/c26-22(25-15-7-13-20(25)21-14-8-16-30-21)17-29-23(27)24(28,18-9-3-1-4-10-18)19-11-5-2-6-12-19/h1-6,8-12,14,16,20,28H,7,13,15,17H2. The topological polar surface area (TPSA) is 66.8 Å². The highest BCUT2D eigenvalue weighted by Crippen LogP contribution is 2.35. The van der Waals surface area contributed by atoms with Gasteiger partial charge >= 0.3 is 5.97 Å². The van der Waals surface area contributed by atoms with Crippen molar-refractivity contribution in [3.63, 3.8) is 0 Å². The summed E-state index contributed by atoms with van der Waals surface area (Å²) in [6, 6.07) is 21.3. The molecule has 0 bridgehead atoms. The van der Waals surface area contributed by atoms with E-state index in [0.29, 0.717) is 17.7 Å². The zero-order chi connectivity index (χ0) is 21.0. The van der Waals surface area contributed by atoms with Crippen LogP contribution in [0.3, 0.4) is 0 Å². The monoisotopic (exact) mass is 421 g/mol. The minimum absolute atomic E-state index is 0.0262. The number of carbonyl (C=O) groups is 2. The second-order valence-corrected chi connectivity index (χ2v) is 8.26. The molecule has 1 atom stereocenters. The van der Waals surface area contributed by atoms with E-state index in [1.54, 1.807) is 64.8 Å². The molecule has 1 fully saturated rings. The number of hydrogen-bond acceptors (Lipinski definition) is 5. The highest BCUT2D eigenvalue weighted by atomic mass is 32.1. The Morgan fingerprint density at radius 1 is 1.00 bits per heavy atom. The second-order valence-electron chi connectivity index (χ2n) is 7.28. The molecular formula is C24H23NO4S. The zero-order valence-electron chi connectivity index (χ0n) is 16.4. The molecule has 1 unspecified atom stereocenters. The summed E-state index contributed by atoms with van der Waals surface area (Å²) in [4.78, 5) is 28.8. The van der Waals surface area contributed by atoms with E-state index in [2.05, 4.69) is 0 Å². The van der Waals surface area contributed by atoms with Crippen LogP contribution in [0, 0.1) is 0 Å². The van der Waals surface area contributed by atoms with E-state index in [4.69, 9.17) is 4.74 Å². The van der Waals surface area contributed by atoms with Crippen molar-refractivity contribution in [3.05, 3.63) is 94.2 Å². The van der Waals surface area contributed by atoms with Crippen molar-refractivity contribution in [3.8, 4) is 0 Å². The molecule has 1 saturated heterocycles. The molecule has 4 rings (SSSR count). The number of esters is 1. The Kier molecular flexibility index (Phi) is 5.97. The number of rotatable bonds is 6. The number of thiophene rings is 1. The van der Waals surface area contributed by atoms with Gasteiger partial charge in [-0.1, -0.05) is 66.7 Å². The third-order valence-electron chi connectivity index (χ3n) is 5.45. The van der Waals surface area contributed by atoms with E-state index in [-0.39, 0.29) is 11.9 Å². The fourth-order valence-corrected chi connectivity index (χ4v) is 4.79. The molecule has 2 aromatic carbocycles. The van der Waals surface area contributed by atoms with E-state index >= 15 is 0 Å². The summed E-state index contributed by atoms with van der Waals surface area (Å²) in [7, 11) is 0. The van der Waals surface area contributed by atoms with Crippen molar-refractivity contribution in [2.75, 3.05) is 13.2 Å². The van der Waals surface area contributed by atoms with Crippen LogP contribution in [0.2, 0.25) is 0 Å². The van der Waals surface area contributed by atoms with Gasteiger partial charge in [0.05, 0.1) is 6.04 Å². The first-order chi connectivity index (χ1) is 14.6. The summed E-state index contributed by atoms with van der Waals surface area (Å²) >= 11 is 1.62. The summed E-state index contributed by atoms with van der Waals surface area (Å²) < 4.78 is 5.38. The average molecular weight is 422 g/mol. The average Bonchev–Trinajstić information content (AvgIpc) is 3.49. The van der Waals surface area contributed by atoms with E-state index in [9.17, 15) is 14.7 Å². The van der Waals surface area contributed by atoms with Gasteiger partial charge in [0.1, 0.15) is 0 Å². The van der Waals surface area contributed by atoms with Gasteiger partial charge < -0.3 is 14.7 Å². The van der Waals surface area contributed by atoms with Crippen LogP contribution >= 0.6 is 11.3 Å². The molecule has 154 valence electrons. The minimum Gasteiger partial charge on any atom is -0.453 e. The molecule has 1 aromatic heterocycles. The van der Waals surface area contributed by atoms with Gasteiger partial charge in [-0.25, -0.2) is 4.79 Å². The quantitative estimate of drug-likeness (QED) is 0.613. The van der Waals surface area contributed by atoms with E-state index in [1.807, 2.05) is 29.6 Å². The van der Waals surface area contributed by atoms with Crippen LogP contribution in [-0.4, -0.2) is 35.0 Å². The molecule has 1 aliphatic rings. The number of likely N-dealkylation sites (tertiary alicyclic amines) is 1. The number of amides is 1. The Bertz CT molecular complexity index is 949. The predicted octanol–water partition coefficient (Wildman–Crippen LogP) is 3.89. The van der Waals surface area contributed by atoms with Gasteiger partial charge in [-0.15, -0.1) is 11.3 Å². The Hall–Kier alpha value is -2.96. The lowest BCUT2D eigenvalue weighted by Crippen LogP contribution is -2.41. The molecule has 30 heavy (non-hydrogen) atoms.